The molecule has 2 aromatic carbocycles. The zero-order valence-electron chi connectivity index (χ0n) is 11.0. The van der Waals surface area contributed by atoms with E-state index in [9.17, 15) is 5.11 Å². The average molecular weight is 302 g/mol. The van der Waals surface area contributed by atoms with Crippen molar-refractivity contribution in [3.05, 3.63) is 59.4 Å². The molecule has 2 N–H and O–H groups in total. The van der Waals surface area contributed by atoms with Crippen LogP contribution >= 0.6 is 11.6 Å². The number of halogens is 1. The molecule has 0 radical (unpaired) electrons. The molecule has 0 atom stereocenters. The second-order valence-corrected chi connectivity index (χ2v) is 4.87. The fourth-order valence-corrected chi connectivity index (χ4v) is 2.10. The van der Waals surface area contributed by atoms with Crippen LogP contribution in [0.4, 0.5) is 5.69 Å². The van der Waals surface area contributed by atoms with E-state index >= 15 is 0 Å². The fraction of sp³-hybridized carbons (Fsp3) is 0.0667. The van der Waals surface area contributed by atoms with Crippen molar-refractivity contribution in [3.8, 4) is 17.2 Å². The molecule has 3 aromatic rings. The van der Waals surface area contributed by atoms with Gasteiger partial charge in [0.2, 0.25) is 12.3 Å². The van der Waals surface area contributed by atoms with E-state index in [2.05, 4.69) is 15.5 Å². The predicted octanol–water partition coefficient (Wildman–Crippen LogP) is 3.71. The average Bonchev–Trinajstić information content (AvgIpc) is 3.03. The van der Waals surface area contributed by atoms with E-state index < -0.39 is 0 Å². The third kappa shape index (κ3) is 3.14. The first kappa shape index (κ1) is 13.5. The van der Waals surface area contributed by atoms with Gasteiger partial charge >= 0.3 is 0 Å². The molecule has 0 fully saturated rings. The highest BCUT2D eigenvalue weighted by atomic mass is 35.5. The van der Waals surface area contributed by atoms with Crippen molar-refractivity contribution in [1.82, 2.24) is 10.2 Å². The van der Waals surface area contributed by atoms with E-state index in [4.69, 9.17) is 16.0 Å². The molecule has 0 spiro atoms. The third-order valence-corrected chi connectivity index (χ3v) is 3.30. The largest absolute Gasteiger partial charge is 0.506 e. The number of nitrogens with zero attached hydrogens (tertiary/aromatic N) is 2. The molecule has 0 aliphatic carbocycles. The highest BCUT2D eigenvalue weighted by molar-refractivity contribution is 6.32. The first-order valence-corrected chi connectivity index (χ1v) is 6.68. The summed E-state index contributed by atoms with van der Waals surface area (Å²) in [6.45, 7) is 0.611. The number of hydrogen-bond donors (Lipinski definition) is 2. The zero-order valence-corrected chi connectivity index (χ0v) is 11.7. The van der Waals surface area contributed by atoms with Gasteiger partial charge in [-0.2, -0.15) is 0 Å². The lowest BCUT2D eigenvalue weighted by Crippen LogP contribution is -1.99. The van der Waals surface area contributed by atoms with Crippen LogP contribution in [0.5, 0.6) is 5.75 Å². The molecule has 6 heteroatoms. The summed E-state index contributed by atoms with van der Waals surface area (Å²) in [7, 11) is 0. The Morgan fingerprint density at radius 1 is 1.14 bits per heavy atom. The van der Waals surface area contributed by atoms with Crippen LogP contribution in [0.15, 0.2) is 53.3 Å². The molecule has 1 heterocycles. The Bertz CT molecular complexity index is 727. The van der Waals surface area contributed by atoms with E-state index in [1.54, 1.807) is 12.1 Å². The number of hydrogen-bond acceptors (Lipinski definition) is 5. The summed E-state index contributed by atoms with van der Waals surface area (Å²) in [6.07, 6.45) is 1.30. The quantitative estimate of drug-likeness (QED) is 0.768. The summed E-state index contributed by atoms with van der Waals surface area (Å²) in [4.78, 5) is 0. The van der Waals surface area contributed by atoms with Gasteiger partial charge in [-0.25, -0.2) is 0 Å². The number of phenols is 1. The molecular formula is C15H12ClN3O2. The lowest BCUT2D eigenvalue weighted by Gasteiger charge is -2.08. The van der Waals surface area contributed by atoms with Crippen LogP contribution in [0, 0.1) is 0 Å². The second kappa shape index (κ2) is 5.85. The molecule has 0 amide bonds. The Kier molecular flexibility index (Phi) is 3.75. The number of aromatic hydroxyl groups is 1. The minimum absolute atomic E-state index is 0.0873. The lowest BCUT2D eigenvalue weighted by molar-refractivity contribution is 0.475. The van der Waals surface area contributed by atoms with Gasteiger partial charge in [-0.1, -0.05) is 17.7 Å². The number of benzene rings is 2. The molecule has 21 heavy (non-hydrogen) atoms. The van der Waals surface area contributed by atoms with E-state index in [0.29, 0.717) is 17.5 Å². The van der Waals surface area contributed by atoms with Crippen LogP contribution in [0.2, 0.25) is 5.02 Å². The molecule has 5 nitrogen and oxygen atoms in total. The summed E-state index contributed by atoms with van der Waals surface area (Å²) in [5.74, 6) is 0.580. The van der Waals surface area contributed by atoms with Crippen molar-refractivity contribution >= 4 is 17.3 Å². The van der Waals surface area contributed by atoms with Gasteiger partial charge in [0.05, 0.1) is 5.02 Å². The number of phenolic OH excluding ortho intramolecular Hbond substituents is 1. The minimum atomic E-state index is 0.0873. The van der Waals surface area contributed by atoms with Crippen LogP contribution in [0.3, 0.4) is 0 Å². The first-order chi connectivity index (χ1) is 10.2. The van der Waals surface area contributed by atoms with Gasteiger partial charge in [-0.15, -0.1) is 10.2 Å². The molecule has 0 saturated heterocycles. The van der Waals surface area contributed by atoms with Gasteiger partial charge in [-0.3, -0.25) is 0 Å². The molecular weight excluding hydrogens is 290 g/mol. The monoisotopic (exact) mass is 301 g/mol. The van der Waals surface area contributed by atoms with Crippen molar-refractivity contribution in [2.45, 2.75) is 6.54 Å². The summed E-state index contributed by atoms with van der Waals surface area (Å²) < 4.78 is 5.13. The smallest absolute Gasteiger partial charge is 0.247 e. The highest BCUT2D eigenvalue weighted by Gasteiger charge is 2.03. The van der Waals surface area contributed by atoms with E-state index in [1.165, 1.54) is 6.39 Å². The van der Waals surface area contributed by atoms with E-state index in [0.717, 1.165) is 16.8 Å². The summed E-state index contributed by atoms with van der Waals surface area (Å²) in [5, 5.41) is 20.5. The lowest BCUT2D eigenvalue weighted by atomic mass is 10.2. The molecule has 0 aliphatic rings. The SMILES string of the molecule is Oc1ccc(CNc2ccc(-c3nnco3)cc2)cc1Cl. The number of aromatic nitrogens is 2. The van der Waals surface area contributed by atoms with Crippen LogP contribution in [-0.4, -0.2) is 15.3 Å². The molecule has 0 bridgehead atoms. The fourth-order valence-electron chi connectivity index (χ4n) is 1.89. The second-order valence-electron chi connectivity index (χ2n) is 4.46. The van der Waals surface area contributed by atoms with Gasteiger partial charge < -0.3 is 14.8 Å². The van der Waals surface area contributed by atoms with Gasteiger partial charge in [0.15, 0.2) is 0 Å². The van der Waals surface area contributed by atoms with Gasteiger partial charge in [0, 0.05) is 17.8 Å². The first-order valence-electron chi connectivity index (χ1n) is 6.30. The molecule has 0 saturated carbocycles. The van der Waals surface area contributed by atoms with Crippen LogP contribution in [0.25, 0.3) is 11.5 Å². The minimum Gasteiger partial charge on any atom is -0.506 e. The van der Waals surface area contributed by atoms with E-state index in [1.807, 2.05) is 30.3 Å². The zero-order chi connectivity index (χ0) is 14.7. The Balaban J connectivity index is 1.66. The van der Waals surface area contributed by atoms with Crippen molar-refractivity contribution in [1.29, 1.82) is 0 Å². The Morgan fingerprint density at radius 2 is 1.95 bits per heavy atom. The standard InChI is InChI=1S/C15H12ClN3O2/c16-13-7-10(1-6-14(13)20)8-17-12-4-2-11(3-5-12)15-19-18-9-21-15/h1-7,9,17,20H,8H2. The van der Waals surface area contributed by atoms with Crippen molar-refractivity contribution < 1.29 is 9.52 Å². The predicted molar refractivity (Wildman–Crippen MR) is 80.2 cm³/mol. The number of nitrogens with one attached hydrogen (secondary N) is 1. The van der Waals surface area contributed by atoms with Crippen molar-refractivity contribution in [3.63, 3.8) is 0 Å². The Morgan fingerprint density at radius 3 is 2.62 bits per heavy atom. The maximum absolute atomic E-state index is 9.38. The molecule has 106 valence electrons. The van der Waals surface area contributed by atoms with Gasteiger partial charge in [0.25, 0.3) is 0 Å². The third-order valence-electron chi connectivity index (χ3n) is 3.00. The van der Waals surface area contributed by atoms with Gasteiger partial charge in [0.1, 0.15) is 5.75 Å². The number of anilines is 1. The topological polar surface area (TPSA) is 71.2 Å². The maximum Gasteiger partial charge on any atom is 0.247 e. The summed E-state index contributed by atoms with van der Waals surface area (Å²) >= 11 is 5.87. The normalized spacial score (nSPS) is 10.5. The van der Waals surface area contributed by atoms with E-state index in [-0.39, 0.29) is 5.75 Å². The molecule has 0 aliphatic heterocycles. The highest BCUT2D eigenvalue weighted by Crippen LogP contribution is 2.24. The molecule has 3 rings (SSSR count). The molecule has 1 aromatic heterocycles. The Labute approximate surface area is 126 Å². The molecule has 0 unspecified atom stereocenters. The van der Waals surface area contributed by atoms with Crippen molar-refractivity contribution in [2.75, 3.05) is 5.32 Å². The van der Waals surface area contributed by atoms with Gasteiger partial charge in [-0.05, 0) is 42.0 Å². The van der Waals surface area contributed by atoms with Crippen LogP contribution in [0.1, 0.15) is 5.56 Å². The maximum atomic E-state index is 9.38. The van der Waals surface area contributed by atoms with Crippen LogP contribution in [-0.2, 0) is 6.54 Å². The Hall–Kier alpha value is -2.53. The van der Waals surface area contributed by atoms with Crippen molar-refractivity contribution in [2.24, 2.45) is 0 Å². The summed E-state index contributed by atoms with van der Waals surface area (Å²) in [6, 6.07) is 12.8. The summed E-state index contributed by atoms with van der Waals surface area (Å²) in [5.41, 5.74) is 2.81. The number of rotatable bonds is 4. The van der Waals surface area contributed by atoms with Crippen LogP contribution < -0.4 is 5.32 Å².